The Morgan fingerprint density at radius 1 is 1.50 bits per heavy atom. The molecule has 0 fully saturated rings. The first kappa shape index (κ1) is 13.0. The maximum Gasteiger partial charge on any atom is 0.258 e. The lowest BCUT2D eigenvalue weighted by molar-refractivity contribution is 0.638. The third-order valence-corrected chi connectivity index (χ3v) is 2.67. The number of hydrogen-bond donors (Lipinski definition) is 1. The van der Waals surface area contributed by atoms with Gasteiger partial charge in [-0.1, -0.05) is 6.92 Å². The Labute approximate surface area is 101 Å². The van der Waals surface area contributed by atoms with E-state index in [1.54, 1.807) is 11.6 Å². The lowest BCUT2D eigenvalue weighted by Crippen LogP contribution is -2.28. The molecule has 0 unspecified atom stereocenters. The summed E-state index contributed by atoms with van der Waals surface area (Å²) in [5, 5.41) is 2.95. The van der Waals surface area contributed by atoms with Gasteiger partial charge in [0.1, 0.15) is 0 Å². The molecule has 0 spiro atoms. The van der Waals surface area contributed by atoms with Gasteiger partial charge >= 0.3 is 0 Å². The van der Waals surface area contributed by atoms with Gasteiger partial charge in [-0.2, -0.15) is 0 Å². The number of alkyl halides is 1. The first-order valence-corrected chi connectivity index (χ1v) is 6.03. The van der Waals surface area contributed by atoms with Crippen LogP contribution in [0.5, 0.6) is 0 Å². The molecule has 1 aromatic heterocycles. The summed E-state index contributed by atoms with van der Waals surface area (Å²) in [4.78, 5) is 16.6. The van der Waals surface area contributed by atoms with Crippen molar-refractivity contribution in [1.29, 1.82) is 0 Å². The second-order valence-corrected chi connectivity index (χ2v) is 4.02. The van der Waals surface area contributed by atoms with Gasteiger partial charge in [0.25, 0.3) is 5.56 Å². The molecular weight excluding hydrogens is 226 g/mol. The van der Waals surface area contributed by atoms with Crippen molar-refractivity contribution in [2.45, 2.75) is 33.2 Å². The van der Waals surface area contributed by atoms with Crippen molar-refractivity contribution in [1.82, 2.24) is 9.55 Å². The molecule has 1 N–H and O–H groups in total. The van der Waals surface area contributed by atoms with Crippen LogP contribution in [0.2, 0.25) is 0 Å². The molecule has 0 aliphatic heterocycles. The van der Waals surface area contributed by atoms with Crippen LogP contribution in [0, 0.1) is 6.92 Å². The first-order chi connectivity index (χ1) is 7.65. The molecule has 1 rings (SSSR count). The zero-order valence-corrected chi connectivity index (χ0v) is 10.8. The quantitative estimate of drug-likeness (QED) is 0.802. The minimum Gasteiger partial charge on any atom is -0.359 e. The lowest BCUT2D eigenvalue weighted by atomic mass is 10.2. The smallest absolute Gasteiger partial charge is 0.258 e. The van der Waals surface area contributed by atoms with Crippen LogP contribution in [-0.4, -0.2) is 22.5 Å². The zero-order valence-electron chi connectivity index (χ0n) is 10.0. The van der Waals surface area contributed by atoms with E-state index in [1.165, 1.54) is 0 Å². The predicted molar refractivity (Wildman–Crippen MR) is 67.5 cm³/mol. The molecule has 90 valence electrons. The van der Waals surface area contributed by atoms with Gasteiger partial charge in [-0.05, 0) is 19.8 Å². The molecule has 0 amide bonds. The second-order valence-electron chi connectivity index (χ2n) is 3.65. The molecule has 0 saturated heterocycles. The molecule has 0 atom stereocenters. The molecule has 0 aliphatic carbocycles. The highest BCUT2D eigenvalue weighted by Gasteiger charge is 2.12. The van der Waals surface area contributed by atoms with Crippen molar-refractivity contribution in [3.05, 3.63) is 21.6 Å². The van der Waals surface area contributed by atoms with Crippen LogP contribution in [0.3, 0.4) is 0 Å². The van der Waals surface area contributed by atoms with Gasteiger partial charge in [0.05, 0.1) is 0 Å². The van der Waals surface area contributed by atoms with E-state index < -0.39 is 0 Å². The van der Waals surface area contributed by atoms with E-state index in [-0.39, 0.29) is 5.56 Å². The number of halogens is 1. The average molecular weight is 244 g/mol. The maximum atomic E-state index is 12.2. The number of aryl methyl sites for hydroxylation is 1. The van der Waals surface area contributed by atoms with E-state index in [2.05, 4.69) is 10.3 Å². The second kappa shape index (κ2) is 5.89. The number of hydrogen-bond acceptors (Lipinski definition) is 3. The zero-order chi connectivity index (χ0) is 12.1. The maximum absolute atomic E-state index is 12.2. The van der Waals surface area contributed by atoms with Gasteiger partial charge in [-0.25, -0.2) is 4.98 Å². The number of nitrogens with one attached hydrogen (secondary N) is 1. The van der Waals surface area contributed by atoms with Crippen LogP contribution in [0.4, 0.5) is 5.95 Å². The largest absolute Gasteiger partial charge is 0.359 e. The summed E-state index contributed by atoms with van der Waals surface area (Å²) in [7, 11) is 1.77. The van der Waals surface area contributed by atoms with Gasteiger partial charge in [0, 0.05) is 30.7 Å². The van der Waals surface area contributed by atoms with Gasteiger partial charge in [-0.15, -0.1) is 11.6 Å². The molecule has 1 heterocycles. The molecule has 5 heteroatoms. The lowest BCUT2D eigenvalue weighted by Gasteiger charge is -2.13. The third-order valence-electron chi connectivity index (χ3n) is 2.48. The molecule has 1 aromatic rings. The molecule has 0 aromatic carbocycles. The summed E-state index contributed by atoms with van der Waals surface area (Å²) < 4.78 is 1.68. The van der Waals surface area contributed by atoms with Crippen molar-refractivity contribution < 1.29 is 0 Å². The number of rotatable bonds is 5. The highest BCUT2D eigenvalue weighted by molar-refractivity contribution is 6.17. The summed E-state index contributed by atoms with van der Waals surface area (Å²) in [6.07, 6.45) is 1.48. The Morgan fingerprint density at radius 3 is 2.69 bits per heavy atom. The Morgan fingerprint density at radius 2 is 2.19 bits per heavy atom. The summed E-state index contributed by atoms with van der Waals surface area (Å²) in [5.74, 6) is 1.07. The summed E-state index contributed by atoms with van der Waals surface area (Å²) in [6, 6.07) is 0. The molecule has 0 saturated carbocycles. The van der Waals surface area contributed by atoms with Crippen LogP contribution < -0.4 is 10.9 Å². The molecule has 0 aliphatic rings. The Hall–Kier alpha value is -1.03. The standard InChI is InChI=1S/C11H18ClN3O/c1-4-7-15-10(16)9(5-6-12)8(2)14-11(15)13-3/h4-7H2,1-3H3,(H,13,14). The summed E-state index contributed by atoms with van der Waals surface area (Å²) in [5.41, 5.74) is 1.52. The van der Waals surface area contributed by atoms with Gasteiger partial charge in [0.15, 0.2) is 0 Å². The Kier molecular flexibility index (Phi) is 4.80. The number of aromatic nitrogens is 2. The van der Waals surface area contributed by atoms with Crippen molar-refractivity contribution >= 4 is 17.5 Å². The van der Waals surface area contributed by atoms with E-state index in [1.807, 2.05) is 13.8 Å². The van der Waals surface area contributed by atoms with Gasteiger partial charge < -0.3 is 5.32 Å². The topological polar surface area (TPSA) is 46.9 Å². The van der Waals surface area contributed by atoms with Gasteiger partial charge in [-0.3, -0.25) is 9.36 Å². The van der Waals surface area contributed by atoms with Crippen molar-refractivity contribution in [3.63, 3.8) is 0 Å². The normalized spacial score (nSPS) is 10.5. The van der Waals surface area contributed by atoms with Gasteiger partial charge in [0.2, 0.25) is 5.95 Å². The first-order valence-electron chi connectivity index (χ1n) is 5.49. The molecule has 0 radical (unpaired) electrons. The van der Waals surface area contributed by atoms with Crippen LogP contribution >= 0.6 is 11.6 Å². The minimum atomic E-state index is 0.0272. The summed E-state index contributed by atoms with van der Waals surface area (Å²) >= 11 is 5.69. The van der Waals surface area contributed by atoms with E-state index in [9.17, 15) is 4.79 Å². The number of anilines is 1. The van der Waals surface area contributed by atoms with E-state index >= 15 is 0 Å². The molecule has 4 nitrogen and oxygen atoms in total. The molecule has 0 bridgehead atoms. The number of nitrogens with zero attached hydrogens (tertiary/aromatic N) is 2. The fourth-order valence-corrected chi connectivity index (χ4v) is 1.89. The van der Waals surface area contributed by atoms with Crippen LogP contribution in [0.25, 0.3) is 0 Å². The third kappa shape index (κ3) is 2.55. The SMILES string of the molecule is CCCn1c(NC)nc(C)c(CCCl)c1=O. The van der Waals surface area contributed by atoms with E-state index in [0.717, 1.165) is 17.7 Å². The highest BCUT2D eigenvalue weighted by Crippen LogP contribution is 2.08. The molecule has 16 heavy (non-hydrogen) atoms. The van der Waals surface area contributed by atoms with E-state index in [4.69, 9.17) is 11.6 Å². The van der Waals surface area contributed by atoms with Crippen LogP contribution in [0.1, 0.15) is 24.6 Å². The highest BCUT2D eigenvalue weighted by atomic mass is 35.5. The minimum absolute atomic E-state index is 0.0272. The van der Waals surface area contributed by atoms with Crippen molar-refractivity contribution in [3.8, 4) is 0 Å². The van der Waals surface area contributed by atoms with Crippen molar-refractivity contribution in [2.24, 2.45) is 0 Å². The van der Waals surface area contributed by atoms with Crippen LogP contribution in [0.15, 0.2) is 4.79 Å². The van der Waals surface area contributed by atoms with Crippen LogP contribution in [-0.2, 0) is 13.0 Å². The predicted octanol–water partition coefficient (Wildman–Crippen LogP) is 1.78. The van der Waals surface area contributed by atoms with E-state index in [0.29, 0.717) is 24.8 Å². The monoisotopic (exact) mass is 243 g/mol. The fraction of sp³-hybridized carbons (Fsp3) is 0.636. The Bertz CT molecular complexity index is 414. The Balaban J connectivity index is 3.33. The average Bonchev–Trinajstić information content (AvgIpc) is 2.28. The van der Waals surface area contributed by atoms with Crippen molar-refractivity contribution in [2.75, 3.05) is 18.2 Å². The summed E-state index contributed by atoms with van der Waals surface area (Å²) in [6.45, 7) is 4.56. The fourth-order valence-electron chi connectivity index (χ4n) is 1.70. The molecular formula is C11H18ClN3O.